The van der Waals surface area contributed by atoms with Crippen molar-refractivity contribution < 1.29 is 0 Å². The van der Waals surface area contributed by atoms with Gasteiger partial charge in [0.2, 0.25) is 0 Å². The van der Waals surface area contributed by atoms with Gasteiger partial charge in [-0.1, -0.05) is 31.6 Å². The predicted molar refractivity (Wildman–Crippen MR) is 64.0 cm³/mol. The average Bonchev–Trinajstić information content (AvgIpc) is 2.18. The Morgan fingerprint density at radius 3 is 2.80 bits per heavy atom. The van der Waals surface area contributed by atoms with Gasteiger partial charge in [0.15, 0.2) is 0 Å². The first-order valence-electron chi connectivity index (χ1n) is 5.69. The quantitative estimate of drug-likeness (QED) is 0.725. The minimum absolute atomic E-state index is 0.594. The summed E-state index contributed by atoms with van der Waals surface area (Å²) < 4.78 is 0. The van der Waals surface area contributed by atoms with E-state index >= 15 is 0 Å². The Kier molecular flexibility index (Phi) is 3.05. The minimum atomic E-state index is 0.594. The highest BCUT2D eigenvalue weighted by atomic mass is 14.9. The van der Waals surface area contributed by atoms with Crippen molar-refractivity contribution in [1.29, 1.82) is 5.41 Å². The summed E-state index contributed by atoms with van der Waals surface area (Å²) in [4.78, 5) is 0. The third-order valence-corrected chi connectivity index (χ3v) is 3.25. The van der Waals surface area contributed by atoms with Crippen LogP contribution < -0.4 is 5.32 Å². The Bertz CT molecular complexity index is 330. The molecule has 80 valence electrons. The summed E-state index contributed by atoms with van der Waals surface area (Å²) in [6.07, 6.45) is 13.5. The zero-order chi connectivity index (χ0) is 10.7. The first-order chi connectivity index (χ1) is 7.29. The van der Waals surface area contributed by atoms with Crippen LogP contribution in [-0.2, 0) is 0 Å². The molecule has 15 heavy (non-hydrogen) atoms. The second kappa shape index (κ2) is 4.47. The molecule has 2 aliphatic rings. The lowest BCUT2D eigenvalue weighted by Gasteiger charge is -2.35. The smallest absolute Gasteiger partial charge is 0.0626 e. The molecule has 0 aliphatic heterocycles. The highest BCUT2D eigenvalue weighted by molar-refractivity contribution is 6.09. The Hall–Kier alpha value is -1.31. The molecule has 0 radical (unpaired) electrons. The lowest BCUT2D eigenvalue weighted by Crippen LogP contribution is -2.38. The normalized spacial score (nSPS) is 31.8. The van der Waals surface area contributed by atoms with E-state index in [0.717, 1.165) is 11.5 Å². The van der Waals surface area contributed by atoms with Gasteiger partial charge in [0.05, 0.1) is 5.71 Å². The zero-order valence-electron chi connectivity index (χ0n) is 9.16. The number of allylic oxidation sites excluding steroid dienone is 5. The van der Waals surface area contributed by atoms with Crippen LogP contribution in [0.15, 0.2) is 36.1 Å². The lowest BCUT2D eigenvalue weighted by atomic mass is 9.79. The molecule has 1 saturated carbocycles. The average molecular weight is 202 g/mol. The SMILES string of the molecule is CCC1CC(N/C=C2/C=CC=CC2=N)C1. The van der Waals surface area contributed by atoms with Gasteiger partial charge < -0.3 is 10.7 Å². The third kappa shape index (κ3) is 2.38. The molecule has 0 atom stereocenters. The van der Waals surface area contributed by atoms with Crippen LogP contribution in [-0.4, -0.2) is 11.8 Å². The van der Waals surface area contributed by atoms with Crippen LogP contribution in [0.5, 0.6) is 0 Å². The van der Waals surface area contributed by atoms with Crippen molar-refractivity contribution in [3.8, 4) is 0 Å². The first kappa shape index (κ1) is 10.2. The van der Waals surface area contributed by atoms with Crippen molar-refractivity contribution in [2.75, 3.05) is 0 Å². The molecule has 2 N–H and O–H groups in total. The minimum Gasteiger partial charge on any atom is -0.388 e. The van der Waals surface area contributed by atoms with E-state index in [2.05, 4.69) is 12.2 Å². The summed E-state index contributed by atoms with van der Waals surface area (Å²) in [6.45, 7) is 2.25. The van der Waals surface area contributed by atoms with Crippen LogP contribution in [0.3, 0.4) is 0 Å². The fourth-order valence-electron chi connectivity index (χ4n) is 2.04. The van der Waals surface area contributed by atoms with E-state index in [9.17, 15) is 0 Å². The summed E-state index contributed by atoms with van der Waals surface area (Å²) in [5.41, 5.74) is 1.58. The van der Waals surface area contributed by atoms with Crippen LogP contribution in [0.2, 0.25) is 0 Å². The van der Waals surface area contributed by atoms with Gasteiger partial charge in [0.1, 0.15) is 0 Å². The third-order valence-electron chi connectivity index (χ3n) is 3.25. The molecule has 2 heteroatoms. The molecule has 0 unspecified atom stereocenters. The molecular weight excluding hydrogens is 184 g/mol. The highest BCUT2D eigenvalue weighted by Crippen LogP contribution is 2.29. The maximum atomic E-state index is 7.69. The largest absolute Gasteiger partial charge is 0.388 e. The van der Waals surface area contributed by atoms with E-state index in [0.29, 0.717) is 11.8 Å². The molecule has 0 bridgehead atoms. The van der Waals surface area contributed by atoms with Crippen molar-refractivity contribution in [3.05, 3.63) is 36.1 Å². The number of rotatable bonds is 3. The fourth-order valence-corrected chi connectivity index (χ4v) is 2.04. The molecule has 0 aromatic rings. The summed E-state index contributed by atoms with van der Waals surface area (Å²) in [7, 11) is 0. The van der Waals surface area contributed by atoms with Crippen molar-refractivity contribution in [1.82, 2.24) is 5.32 Å². The van der Waals surface area contributed by atoms with Crippen LogP contribution in [0, 0.1) is 11.3 Å². The monoisotopic (exact) mass is 202 g/mol. The number of hydrogen-bond acceptors (Lipinski definition) is 2. The van der Waals surface area contributed by atoms with Crippen molar-refractivity contribution in [2.45, 2.75) is 32.2 Å². The molecule has 0 heterocycles. The lowest BCUT2D eigenvalue weighted by molar-refractivity contribution is 0.233. The molecule has 2 nitrogen and oxygen atoms in total. The summed E-state index contributed by atoms with van der Waals surface area (Å²) in [5.74, 6) is 0.919. The highest BCUT2D eigenvalue weighted by Gasteiger charge is 2.26. The molecule has 2 rings (SSSR count). The van der Waals surface area contributed by atoms with Gasteiger partial charge >= 0.3 is 0 Å². The number of hydrogen-bond donors (Lipinski definition) is 2. The van der Waals surface area contributed by atoms with Crippen LogP contribution in [0.1, 0.15) is 26.2 Å². The molecule has 0 aromatic carbocycles. The number of nitrogens with one attached hydrogen (secondary N) is 2. The first-order valence-corrected chi connectivity index (χ1v) is 5.69. The Labute approximate surface area is 91.3 Å². The Balaban J connectivity index is 1.82. The van der Waals surface area contributed by atoms with E-state index in [1.807, 2.05) is 30.5 Å². The molecule has 0 amide bonds. The molecule has 0 saturated heterocycles. The molecular formula is C13H18N2. The molecule has 2 aliphatic carbocycles. The van der Waals surface area contributed by atoms with Gasteiger partial charge in [-0.05, 0) is 24.8 Å². The standard InChI is InChI=1S/C13H18N2/c1-2-10-7-12(8-10)15-9-11-5-3-4-6-13(11)14/h3-6,9-10,12,14-15H,2,7-8H2,1H3/b11-9-,14-13?. The van der Waals surface area contributed by atoms with E-state index < -0.39 is 0 Å². The summed E-state index contributed by atoms with van der Waals surface area (Å²) in [6, 6.07) is 0.634. The van der Waals surface area contributed by atoms with E-state index in [-0.39, 0.29) is 0 Å². The van der Waals surface area contributed by atoms with E-state index in [1.165, 1.54) is 19.3 Å². The second-order valence-electron chi connectivity index (χ2n) is 4.34. The van der Waals surface area contributed by atoms with Gasteiger partial charge in [-0.15, -0.1) is 0 Å². The van der Waals surface area contributed by atoms with Gasteiger partial charge in [0.25, 0.3) is 0 Å². The second-order valence-corrected chi connectivity index (χ2v) is 4.34. The maximum Gasteiger partial charge on any atom is 0.0626 e. The Morgan fingerprint density at radius 1 is 1.40 bits per heavy atom. The molecule has 0 aromatic heterocycles. The van der Waals surface area contributed by atoms with Crippen molar-refractivity contribution in [3.63, 3.8) is 0 Å². The van der Waals surface area contributed by atoms with Crippen molar-refractivity contribution >= 4 is 5.71 Å². The fraction of sp³-hybridized carbons (Fsp3) is 0.462. The van der Waals surface area contributed by atoms with E-state index in [1.54, 1.807) is 0 Å². The molecule has 1 fully saturated rings. The van der Waals surface area contributed by atoms with E-state index in [4.69, 9.17) is 5.41 Å². The van der Waals surface area contributed by atoms with Crippen molar-refractivity contribution in [2.24, 2.45) is 5.92 Å². The summed E-state index contributed by atoms with van der Waals surface area (Å²) in [5, 5.41) is 11.1. The Morgan fingerprint density at radius 2 is 2.13 bits per heavy atom. The van der Waals surface area contributed by atoms with Crippen LogP contribution in [0.25, 0.3) is 0 Å². The van der Waals surface area contributed by atoms with Gasteiger partial charge in [-0.3, -0.25) is 0 Å². The molecule has 0 spiro atoms. The maximum absolute atomic E-state index is 7.69. The summed E-state index contributed by atoms with van der Waals surface area (Å²) >= 11 is 0. The van der Waals surface area contributed by atoms with Gasteiger partial charge in [0, 0.05) is 17.8 Å². The zero-order valence-corrected chi connectivity index (χ0v) is 9.16. The van der Waals surface area contributed by atoms with Gasteiger partial charge in [-0.25, -0.2) is 0 Å². The van der Waals surface area contributed by atoms with Crippen LogP contribution in [0.4, 0.5) is 0 Å². The van der Waals surface area contributed by atoms with Crippen LogP contribution >= 0.6 is 0 Å². The van der Waals surface area contributed by atoms with Gasteiger partial charge in [-0.2, -0.15) is 0 Å². The predicted octanol–water partition coefficient (Wildman–Crippen LogP) is 2.79. The topological polar surface area (TPSA) is 35.9 Å².